The number of benzene rings is 1. The van der Waals surface area contributed by atoms with E-state index >= 15 is 4.39 Å². The van der Waals surface area contributed by atoms with E-state index in [1.54, 1.807) is 26.0 Å². The first-order valence-corrected chi connectivity index (χ1v) is 12.1. The van der Waals surface area contributed by atoms with Gasteiger partial charge >= 0.3 is 6.09 Å². The molecule has 5 rings (SSSR count). The Labute approximate surface area is 205 Å². The normalized spacial score (nSPS) is 27.7. The van der Waals surface area contributed by atoms with Gasteiger partial charge in [-0.05, 0) is 26.3 Å². The number of hydrogen-bond donors (Lipinski definition) is 1. The Bertz CT molecular complexity index is 1100. The average Bonchev–Trinajstić information content (AvgIpc) is 3.61. The summed E-state index contributed by atoms with van der Waals surface area (Å²) in [5, 5.41) is 2.98. The Kier molecular flexibility index (Phi) is 6.34. The van der Waals surface area contributed by atoms with Crippen molar-refractivity contribution in [1.82, 2.24) is 18.5 Å². The molecular formula is C22H27FN5O6S+. The Hall–Kier alpha value is -2.87. The van der Waals surface area contributed by atoms with Crippen molar-refractivity contribution in [3.8, 4) is 5.88 Å². The van der Waals surface area contributed by atoms with Gasteiger partial charge in [0.2, 0.25) is 12.6 Å². The Morgan fingerprint density at radius 1 is 1.43 bits per heavy atom. The summed E-state index contributed by atoms with van der Waals surface area (Å²) in [7, 11) is 0. The van der Waals surface area contributed by atoms with Gasteiger partial charge in [-0.1, -0.05) is 0 Å². The lowest BCUT2D eigenvalue weighted by Gasteiger charge is -2.27. The van der Waals surface area contributed by atoms with Crippen molar-refractivity contribution < 1.29 is 32.9 Å². The van der Waals surface area contributed by atoms with Crippen LogP contribution in [0, 0.1) is 5.82 Å². The third kappa shape index (κ3) is 4.81. The molecule has 3 aliphatic rings. The minimum atomic E-state index is -0.779. The van der Waals surface area contributed by atoms with Gasteiger partial charge in [-0.3, -0.25) is 4.79 Å². The van der Waals surface area contributed by atoms with E-state index in [2.05, 4.69) is 14.1 Å². The lowest BCUT2D eigenvalue weighted by molar-refractivity contribution is -0.153. The van der Waals surface area contributed by atoms with Crippen LogP contribution in [0.2, 0.25) is 0 Å². The van der Waals surface area contributed by atoms with Gasteiger partial charge in [-0.25, -0.2) is 4.39 Å². The molecule has 0 spiro atoms. The van der Waals surface area contributed by atoms with Crippen molar-refractivity contribution in [3.05, 3.63) is 30.2 Å². The molecule has 0 aliphatic carbocycles. The molecule has 188 valence electrons. The number of nitrogens with one attached hydrogen (secondary N) is 1. The number of halogens is 1. The van der Waals surface area contributed by atoms with Crippen LogP contribution in [0.4, 0.5) is 20.6 Å². The number of anilines is 1. The largest absolute Gasteiger partial charge is 0.524 e. The number of amides is 2. The van der Waals surface area contributed by atoms with Gasteiger partial charge in [0.25, 0.3) is 5.91 Å². The van der Waals surface area contributed by atoms with E-state index in [-0.39, 0.29) is 36.4 Å². The number of quaternary nitrogens is 1. The Balaban J connectivity index is 1.25. The van der Waals surface area contributed by atoms with Gasteiger partial charge in [0, 0.05) is 31.3 Å². The maximum Gasteiger partial charge on any atom is 0.524 e. The minimum absolute atomic E-state index is 0.0788. The molecule has 1 aromatic heterocycles. The SMILES string of the molecule is CC1(C)OC[C@@H](C(=O)N[C@H]2CCN(c3ccc([N+]4(COc5cnsn5)CCOC4=O)cc3F)C2)O1. The molecule has 4 heterocycles. The van der Waals surface area contributed by atoms with Gasteiger partial charge in [0.05, 0.1) is 24.0 Å². The summed E-state index contributed by atoms with van der Waals surface area (Å²) in [5.41, 5.74) is 0.837. The quantitative estimate of drug-likeness (QED) is 0.562. The predicted octanol–water partition coefficient (Wildman–Crippen LogP) is 2.02. The van der Waals surface area contributed by atoms with Crippen LogP contribution in [0.15, 0.2) is 24.4 Å². The second kappa shape index (κ2) is 9.30. The fourth-order valence-corrected chi connectivity index (χ4v) is 4.92. The maximum atomic E-state index is 15.3. The smallest absolute Gasteiger partial charge is 0.424 e. The van der Waals surface area contributed by atoms with Crippen LogP contribution < -0.4 is 19.4 Å². The molecular weight excluding hydrogens is 481 g/mol. The molecule has 3 aliphatic heterocycles. The highest BCUT2D eigenvalue weighted by molar-refractivity contribution is 6.99. The van der Waals surface area contributed by atoms with E-state index in [4.69, 9.17) is 18.9 Å². The molecule has 11 nitrogen and oxygen atoms in total. The fourth-order valence-electron chi connectivity index (χ4n) is 4.55. The van der Waals surface area contributed by atoms with E-state index in [1.807, 2.05) is 4.90 Å². The van der Waals surface area contributed by atoms with Crippen LogP contribution >= 0.6 is 11.7 Å². The molecule has 2 amide bonds. The molecule has 1 unspecified atom stereocenters. The van der Waals surface area contributed by atoms with Crippen molar-refractivity contribution in [2.24, 2.45) is 0 Å². The average molecular weight is 509 g/mol. The van der Waals surface area contributed by atoms with Crippen LogP contribution in [0.1, 0.15) is 20.3 Å². The molecule has 3 fully saturated rings. The van der Waals surface area contributed by atoms with Crippen LogP contribution in [-0.2, 0) is 19.0 Å². The lowest BCUT2D eigenvalue weighted by Crippen LogP contribution is -2.52. The summed E-state index contributed by atoms with van der Waals surface area (Å²) >= 11 is 0.994. The molecule has 13 heteroatoms. The van der Waals surface area contributed by atoms with Crippen molar-refractivity contribution in [2.45, 2.75) is 38.2 Å². The molecule has 3 atom stereocenters. The van der Waals surface area contributed by atoms with E-state index in [0.29, 0.717) is 43.3 Å². The molecule has 2 aromatic rings. The molecule has 3 saturated heterocycles. The van der Waals surface area contributed by atoms with Crippen LogP contribution in [0.25, 0.3) is 0 Å². The highest BCUT2D eigenvalue weighted by Gasteiger charge is 2.48. The second-order valence-electron chi connectivity index (χ2n) is 9.22. The zero-order chi connectivity index (χ0) is 24.6. The van der Waals surface area contributed by atoms with Gasteiger partial charge in [0.15, 0.2) is 17.7 Å². The highest BCUT2D eigenvalue weighted by Crippen LogP contribution is 2.34. The van der Waals surface area contributed by atoms with Gasteiger partial charge < -0.3 is 29.2 Å². The third-order valence-electron chi connectivity index (χ3n) is 6.42. The fraction of sp³-hybridized carbons (Fsp3) is 0.545. The first-order chi connectivity index (χ1) is 16.8. The molecule has 0 bridgehead atoms. The van der Waals surface area contributed by atoms with Gasteiger partial charge in [0.1, 0.15) is 25.0 Å². The summed E-state index contributed by atoms with van der Waals surface area (Å²) in [6, 6.07) is 4.58. The highest BCUT2D eigenvalue weighted by atomic mass is 32.1. The molecule has 1 N–H and O–H groups in total. The Morgan fingerprint density at radius 2 is 2.29 bits per heavy atom. The summed E-state index contributed by atoms with van der Waals surface area (Å²) in [6.45, 7) is 5.22. The lowest BCUT2D eigenvalue weighted by atomic mass is 10.2. The van der Waals surface area contributed by atoms with Crippen molar-refractivity contribution in [2.75, 3.05) is 44.5 Å². The molecule has 1 aromatic carbocycles. The van der Waals surface area contributed by atoms with Crippen LogP contribution in [0.3, 0.4) is 0 Å². The minimum Gasteiger partial charge on any atom is -0.424 e. The third-order valence-corrected chi connectivity index (χ3v) is 6.88. The summed E-state index contributed by atoms with van der Waals surface area (Å²) in [5.74, 6) is -1.17. The zero-order valence-electron chi connectivity index (χ0n) is 19.4. The van der Waals surface area contributed by atoms with E-state index < -0.39 is 23.8 Å². The number of carbonyl (C=O) groups is 2. The first kappa shape index (κ1) is 23.9. The summed E-state index contributed by atoms with van der Waals surface area (Å²) in [6.07, 6.45) is 0.968. The van der Waals surface area contributed by atoms with Gasteiger partial charge in [-0.2, -0.15) is 13.7 Å². The first-order valence-electron chi connectivity index (χ1n) is 11.4. The predicted molar refractivity (Wildman–Crippen MR) is 123 cm³/mol. The monoisotopic (exact) mass is 508 g/mol. The van der Waals surface area contributed by atoms with E-state index in [9.17, 15) is 9.59 Å². The van der Waals surface area contributed by atoms with Crippen LogP contribution in [0.5, 0.6) is 5.88 Å². The van der Waals surface area contributed by atoms with E-state index in [1.165, 1.54) is 12.3 Å². The van der Waals surface area contributed by atoms with Crippen molar-refractivity contribution in [1.29, 1.82) is 0 Å². The molecule has 0 saturated carbocycles. The van der Waals surface area contributed by atoms with Gasteiger partial charge in [-0.15, -0.1) is 4.37 Å². The molecule has 0 radical (unpaired) electrons. The number of aromatic nitrogens is 2. The van der Waals surface area contributed by atoms with Crippen LogP contribution in [-0.4, -0.2) is 78.3 Å². The zero-order valence-corrected chi connectivity index (χ0v) is 20.3. The number of nitrogens with zero attached hydrogens (tertiary/aromatic N) is 4. The Morgan fingerprint density at radius 3 is 2.94 bits per heavy atom. The number of hydrogen-bond acceptors (Lipinski definition) is 10. The number of rotatable bonds is 7. The number of ether oxygens (including phenoxy) is 4. The topological polar surface area (TPSA) is 112 Å². The summed E-state index contributed by atoms with van der Waals surface area (Å²) < 4.78 is 44.8. The van der Waals surface area contributed by atoms with Crippen molar-refractivity contribution in [3.63, 3.8) is 0 Å². The standard InChI is InChI=1S/C22H26FN5O6S/c1-22(2)33-12-18(34-22)20(29)25-14-5-6-27(11-14)17-4-3-15(9-16(17)23)28(7-8-31-21(28)30)13-32-19-10-24-35-26-19/h3-4,9-10,14,18H,5-8,11-13H2,1-2H3/p+1/t14-,18-,28?/m0/s1. The number of cyclic esters (lactones) is 1. The second-order valence-corrected chi connectivity index (χ2v) is 9.77. The van der Waals surface area contributed by atoms with E-state index in [0.717, 1.165) is 11.7 Å². The molecule has 35 heavy (non-hydrogen) atoms. The summed E-state index contributed by atoms with van der Waals surface area (Å²) in [4.78, 5) is 27.1. The number of carbonyl (C=O) groups excluding carboxylic acids is 2. The maximum absolute atomic E-state index is 15.3. The van der Waals surface area contributed by atoms with Crippen molar-refractivity contribution >= 4 is 35.1 Å².